The molecule has 1 aromatic heterocycles. The van der Waals surface area contributed by atoms with Gasteiger partial charge in [-0.1, -0.05) is 13.0 Å². The Morgan fingerprint density at radius 2 is 2.09 bits per heavy atom. The molecule has 1 aliphatic rings. The highest BCUT2D eigenvalue weighted by atomic mass is 16.4. The molecule has 23 heavy (non-hydrogen) atoms. The molecule has 2 rings (SSSR count). The van der Waals surface area contributed by atoms with Gasteiger partial charge in [-0.25, -0.2) is 9.78 Å². The van der Waals surface area contributed by atoms with Crippen LogP contribution in [-0.2, 0) is 4.79 Å². The molecule has 2 heterocycles. The summed E-state index contributed by atoms with van der Waals surface area (Å²) in [5.74, 6) is -1.47. The summed E-state index contributed by atoms with van der Waals surface area (Å²) in [7, 11) is 0. The maximum absolute atomic E-state index is 12.5. The molecular weight excluding hydrogens is 298 g/mol. The molecule has 124 valence electrons. The number of amides is 2. The Morgan fingerprint density at radius 3 is 2.78 bits per heavy atom. The fraction of sp³-hybridized carbons (Fsp3) is 0.500. The Hall–Kier alpha value is -2.44. The zero-order chi connectivity index (χ0) is 16.8. The fourth-order valence-electron chi connectivity index (χ4n) is 2.64. The van der Waals surface area contributed by atoms with Crippen molar-refractivity contribution in [3.8, 4) is 0 Å². The first kappa shape index (κ1) is 16.9. The van der Waals surface area contributed by atoms with Crippen LogP contribution in [0.3, 0.4) is 0 Å². The molecule has 0 bridgehead atoms. The zero-order valence-corrected chi connectivity index (χ0v) is 13.1. The first-order chi connectivity index (χ1) is 11.0. The Bertz CT molecular complexity index is 603. The molecule has 0 radical (unpaired) electrons. The van der Waals surface area contributed by atoms with Gasteiger partial charge < -0.3 is 15.3 Å². The number of pyridine rings is 1. The zero-order valence-electron chi connectivity index (χ0n) is 13.1. The molecule has 0 aliphatic carbocycles. The van der Waals surface area contributed by atoms with Crippen molar-refractivity contribution in [3.63, 3.8) is 0 Å². The summed E-state index contributed by atoms with van der Waals surface area (Å²) >= 11 is 0. The molecule has 7 heteroatoms. The van der Waals surface area contributed by atoms with Crippen LogP contribution in [0.4, 0.5) is 0 Å². The Labute approximate surface area is 134 Å². The molecule has 0 spiro atoms. The van der Waals surface area contributed by atoms with Gasteiger partial charge in [-0.15, -0.1) is 0 Å². The Balaban J connectivity index is 2.03. The number of carbonyl (C=O) groups is 3. The van der Waals surface area contributed by atoms with Crippen molar-refractivity contribution >= 4 is 17.8 Å². The molecule has 1 aromatic rings. The highest BCUT2D eigenvalue weighted by molar-refractivity contribution is 5.94. The summed E-state index contributed by atoms with van der Waals surface area (Å²) in [4.78, 5) is 40.6. The number of carboxylic acids is 1. The van der Waals surface area contributed by atoms with Crippen LogP contribution in [0.15, 0.2) is 18.2 Å². The molecular formula is C16H21N3O4. The number of nitrogens with zero attached hydrogens (tertiary/aromatic N) is 2. The fourth-order valence-corrected chi connectivity index (χ4v) is 2.64. The van der Waals surface area contributed by atoms with Crippen LogP contribution < -0.4 is 5.32 Å². The van der Waals surface area contributed by atoms with Gasteiger partial charge in [0.05, 0.1) is 0 Å². The number of piperidine rings is 1. The molecule has 1 saturated heterocycles. The number of rotatable bonds is 5. The van der Waals surface area contributed by atoms with E-state index in [9.17, 15) is 14.4 Å². The van der Waals surface area contributed by atoms with E-state index in [4.69, 9.17) is 5.11 Å². The molecule has 0 saturated carbocycles. The molecule has 1 fully saturated rings. The molecule has 1 atom stereocenters. The monoisotopic (exact) mass is 319 g/mol. The van der Waals surface area contributed by atoms with Gasteiger partial charge in [0, 0.05) is 25.6 Å². The summed E-state index contributed by atoms with van der Waals surface area (Å²) < 4.78 is 0. The van der Waals surface area contributed by atoms with E-state index < -0.39 is 5.97 Å². The lowest BCUT2D eigenvalue weighted by atomic mass is 10.0. The third-order valence-corrected chi connectivity index (χ3v) is 3.74. The lowest BCUT2D eigenvalue weighted by molar-refractivity contribution is -0.122. The van der Waals surface area contributed by atoms with Crippen LogP contribution in [-0.4, -0.2) is 51.9 Å². The normalized spacial score (nSPS) is 17.6. The van der Waals surface area contributed by atoms with Gasteiger partial charge in [-0.05, 0) is 31.4 Å². The number of carbonyl (C=O) groups excluding carboxylic acids is 2. The van der Waals surface area contributed by atoms with Crippen LogP contribution >= 0.6 is 0 Å². The van der Waals surface area contributed by atoms with Crippen LogP contribution in [0.2, 0.25) is 0 Å². The number of hydrogen-bond donors (Lipinski definition) is 2. The smallest absolute Gasteiger partial charge is 0.354 e. The van der Waals surface area contributed by atoms with Crippen molar-refractivity contribution in [3.05, 3.63) is 29.6 Å². The summed E-state index contributed by atoms with van der Waals surface area (Å²) in [6, 6.07) is 4.31. The van der Waals surface area contributed by atoms with Crippen molar-refractivity contribution in [2.75, 3.05) is 13.1 Å². The molecule has 7 nitrogen and oxygen atoms in total. The second-order valence-electron chi connectivity index (χ2n) is 5.62. The first-order valence-corrected chi connectivity index (χ1v) is 7.80. The number of aromatic carboxylic acids is 1. The summed E-state index contributed by atoms with van der Waals surface area (Å²) in [6.07, 6.45) is 2.89. The van der Waals surface area contributed by atoms with Crippen molar-refractivity contribution < 1.29 is 19.5 Å². The van der Waals surface area contributed by atoms with E-state index in [1.54, 1.807) is 4.90 Å². The largest absolute Gasteiger partial charge is 0.477 e. The van der Waals surface area contributed by atoms with E-state index in [1.165, 1.54) is 18.2 Å². The third kappa shape index (κ3) is 4.51. The quantitative estimate of drug-likeness (QED) is 0.852. The minimum atomic E-state index is -1.16. The molecule has 1 aliphatic heterocycles. The lowest BCUT2D eigenvalue weighted by Gasteiger charge is -2.33. The van der Waals surface area contributed by atoms with Gasteiger partial charge in [0.15, 0.2) is 0 Å². The highest BCUT2D eigenvalue weighted by Gasteiger charge is 2.26. The standard InChI is InChI=1S/C16H21N3O4/c1-2-5-14(20)17-11-6-4-9-19(10-11)15(21)12-7-3-8-13(18-12)16(22)23/h3,7-8,11H,2,4-6,9-10H2,1H3,(H,17,20)(H,22,23). The van der Waals surface area contributed by atoms with E-state index in [0.29, 0.717) is 19.5 Å². The minimum absolute atomic E-state index is 0.00204. The SMILES string of the molecule is CCCC(=O)NC1CCCN(C(=O)c2cccc(C(=O)O)n2)C1. The number of aromatic nitrogens is 1. The van der Waals surface area contributed by atoms with Crippen molar-refractivity contribution in [2.45, 2.75) is 38.6 Å². The summed E-state index contributed by atoms with van der Waals surface area (Å²) in [6.45, 7) is 2.95. The summed E-state index contributed by atoms with van der Waals surface area (Å²) in [5, 5.41) is 11.9. The predicted molar refractivity (Wildman–Crippen MR) is 83.2 cm³/mol. The molecule has 0 aromatic carbocycles. The highest BCUT2D eigenvalue weighted by Crippen LogP contribution is 2.14. The van der Waals surface area contributed by atoms with Crippen LogP contribution in [0, 0.1) is 0 Å². The van der Waals surface area contributed by atoms with Gasteiger partial charge >= 0.3 is 5.97 Å². The van der Waals surface area contributed by atoms with Crippen molar-refractivity contribution in [1.29, 1.82) is 0 Å². The number of nitrogens with one attached hydrogen (secondary N) is 1. The van der Waals surface area contributed by atoms with Gasteiger partial charge in [-0.3, -0.25) is 9.59 Å². The topological polar surface area (TPSA) is 99.6 Å². The van der Waals surface area contributed by atoms with Crippen molar-refractivity contribution in [2.24, 2.45) is 0 Å². The average Bonchev–Trinajstić information content (AvgIpc) is 2.54. The lowest BCUT2D eigenvalue weighted by Crippen LogP contribution is -2.49. The molecule has 2 N–H and O–H groups in total. The van der Waals surface area contributed by atoms with Crippen LogP contribution in [0.25, 0.3) is 0 Å². The third-order valence-electron chi connectivity index (χ3n) is 3.74. The Morgan fingerprint density at radius 1 is 1.35 bits per heavy atom. The van der Waals surface area contributed by atoms with E-state index >= 15 is 0 Å². The van der Waals surface area contributed by atoms with Crippen LogP contribution in [0.5, 0.6) is 0 Å². The van der Waals surface area contributed by atoms with Crippen LogP contribution in [0.1, 0.15) is 53.6 Å². The molecule has 2 amide bonds. The predicted octanol–water partition coefficient (Wildman–Crippen LogP) is 1.30. The van der Waals surface area contributed by atoms with Gasteiger partial charge in [0.25, 0.3) is 5.91 Å². The van der Waals surface area contributed by atoms with Crippen molar-refractivity contribution in [1.82, 2.24) is 15.2 Å². The number of carboxylic acid groups (broad SMARTS) is 1. The van der Waals surface area contributed by atoms with E-state index in [1.807, 2.05) is 6.92 Å². The van der Waals surface area contributed by atoms with Gasteiger partial charge in [-0.2, -0.15) is 0 Å². The van der Waals surface area contributed by atoms with E-state index in [0.717, 1.165) is 19.3 Å². The van der Waals surface area contributed by atoms with Gasteiger partial charge in [0.1, 0.15) is 11.4 Å². The van der Waals surface area contributed by atoms with Gasteiger partial charge in [0.2, 0.25) is 5.91 Å². The summed E-state index contributed by atoms with van der Waals surface area (Å²) in [5.41, 5.74) is -0.0360. The maximum Gasteiger partial charge on any atom is 0.354 e. The van der Waals surface area contributed by atoms with E-state index in [-0.39, 0.29) is 29.2 Å². The average molecular weight is 319 g/mol. The maximum atomic E-state index is 12.5. The molecule has 1 unspecified atom stereocenters. The Kier molecular flexibility index (Phi) is 5.67. The second-order valence-corrected chi connectivity index (χ2v) is 5.62. The van der Waals surface area contributed by atoms with E-state index in [2.05, 4.69) is 10.3 Å². The number of hydrogen-bond acceptors (Lipinski definition) is 4. The minimum Gasteiger partial charge on any atom is -0.477 e. The number of likely N-dealkylation sites (tertiary alicyclic amines) is 1. The second kappa shape index (κ2) is 7.71. The first-order valence-electron chi connectivity index (χ1n) is 7.80.